The summed E-state index contributed by atoms with van der Waals surface area (Å²) in [4.78, 5) is 29.0. The molecule has 2 heterocycles. The van der Waals surface area contributed by atoms with E-state index in [0.717, 1.165) is 29.0 Å². The lowest BCUT2D eigenvalue weighted by Gasteiger charge is -2.42. The molecule has 2 amide bonds. The number of rotatable bonds is 6. The standard InChI is InChI=1S/C25H37N3O4/c1-17-11-20-8-7-18(2)27(13-19-14-28(15-19)24(30)32-25(3,4)5)16-21(20)12-22(17)23(29)26-9-10-31-6/h8,11-12,16,18-19H,7,9-10,13-15H2,1-6H3,(H,26,29). The van der Waals surface area contributed by atoms with Gasteiger partial charge in [-0.3, -0.25) is 4.79 Å². The van der Waals surface area contributed by atoms with E-state index in [0.29, 0.717) is 43.8 Å². The van der Waals surface area contributed by atoms with Gasteiger partial charge in [-0.05, 0) is 63.1 Å². The lowest BCUT2D eigenvalue weighted by molar-refractivity contribution is -0.00468. The average Bonchev–Trinajstić information content (AvgIpc) is 2.81. The predicted octanol–water partition coefficient (Wildman–Crippen LogP) is 1.85. The van der Waals surface area contributed by atoms with Crippen LogP contribution in [0.5, 0.6) is 0 Å². The van der Waals surface area contributed by atoms with E-state index in [-0.39, 0.29) is 12.0 Å². The van der Waals surface area contributed by atoms with E-state index >= 15 is 0 Å². The summed E-state index contributed by atoms with van der Waals surface area (Å²) in [7, 11) is 1.62. The van der Waals surface area contributed by atoms with Gasteiger partial charge in [0.25, 0.3) is 5.91 Å². The van der Waals surface area contributed by atoms with Crippen molar-refractivity contribution in [3.63, 3.8) is 0 Å². The molecule has 1 saturated heterocycles. The molecule has 1 aromatic rings. The highest BCUT2D eigenvalue weighted by molar-refractivity contribution is 5.95. The van der Waals surface area contributed by atoms with Crippen LogP contribution in [0, 0.1) is 12.8 Å². The minimum absolute atomic E-state index is 0.0772. The molecule has 1 unspecified atom stereocenters. The van der Waals surface area contributed by atoms with Crippen molar-refractivity contribution < 1.29 is 19.1 Å². The Balaban J connectivity index is 1.71. The first-order valence-electron chi connectivity index (χ1n) is 11.4. The molecule has 0 bridgehead atoms. The topological polar surface area (TPSA) is 71.1 Å². The van der Waals surface area contributed by atoms with Gasteiger partial charge in [0.15, 0.2) is 0 Å². The molecule has 1 fully saturated rings. The zero-order valence-electron chi connectivity index (χ0n) is 20.2. The monoisotopic (exact) mass is 443 g/mol. The maximum absolute atomic E-state index is 12.6. The van der Waals surface area contributed by atoms with E-state index in [1.807, 2.05) is 33.8 Å². The van der Waals surface area contributed by atoms with E-state index in [1.165, 1.54) is 0 Å². The van der Waals surface area contributed by atoms with E-state index < -0.39 is 5.60 Å². The largest absolute Gasteiger partial charge is 0.444 e. The Hall–Kier alpha value is -2.54. The van der Waals surface area contributed by atoms with E-state index in [9.17, 15) is 9.59 Å². The lowest BCUT2D eigenvalue weighted by atomic mass is 9.99. The van der Waals surface area contributed by atoms with Crippen molar-refractivity contribution in [2.45, 2.75) is 52.7 Å². The highest BCUT2D eigenvalue weighted by atomic mass is 16.6. The average molecular weight is 444 g/mol. The van der Waals surface area contributed by atoms with Gasteiger partial charge in [-0.1, -0.05) is 12.1 Å². The number of nitrogens with one attached hydrogen (secondary N) is 1. The Labute approximate surface area is 191 Å². The van der Waals surface area contributed by atoms with Gasteiger partial charge in [0.05, 0.1) is 6.61 Å². The lowest BCUT2D eigenvalue weighted by Crippen LogP contribution is -2.55. The maximum Gasteiger partial charge on any atom is 0.410 e. The second-order valence-corrected chi connectivity index (χ2v) is 9.91. The summed E-state index contributed by atoms with van der Waals surface area (Å²) >= 11 is 0. The molecular weight excluding hydrogens is 406 g/mol. The summed E-state index contributed by atoms with van der Waals surface area (Å²) in [5.41, 5.74) is 1.19. The molecule has 2 aliphatic rings. The van der Waals surface area contributed by atoms with Crippen LogP contribution in [-0.2, 0) is 9.47 Å². The van der Waals surface area contributed by atoms with Crippen molar-refractivity contribution in [3.8, 4) is 0 Å². The van der Waals surface area contributed by atoms with Gasteiger partial charge in [0.2, 0.25) is 0 Å². The highest BCUT2D eigenvalue weighted by Crippen LogP contribution is 2.22. The number of hydrogen-bond acceptors (Lipinski definition) is 5. The van der Waals surface area contributed by atoms with Gasteiger partial charge in [0.1, 0.15) is 5.60 Å². The van der Waals surface area contributed by atoms with Crippen molar-refractivity contribution in [3.05, 3.63) is 33.7 Å². The summed E-state index contributed by atoms with van der Waals surface area (Å²) in [6.07, 6.45) is 5.12. The zero-order valence-corrected chi connectivity index (χ0v) is 20.2. The van der Waals surface area contributed by atoms with Crippen LogP contribution in [0.2, 0.25) is 0 Å². The number of benzene rings is 1. The highest BCUT2D eigenvalue weighted by Gasteiger charge is 2.34. The second-order valence-electron chi connectivity index (χ2n) is 9.91. The number of carbonyl (C=O) groups is 2. The quantitative estimate of drug-likeness (QED) is 0.680. The fourth-order valence-electron chi connectivity index (χ4n) is 4.07. The third-order valence-corrected chi connectivity index (χ3v) is 5.89. The van der Waals surface area contributed by atoms with Crippen molar-refractivity contribution in [2.75, 3.05) is 39.9 Å². The number of fused-ring (bicyclic) bond motifs is 1. The maximum atomic E-state index is 12.6. The number of carbonyl (C=O) groups excluding carboxylic acids is 2. The number of amides is 2. The van der Waals surface area contributed by atoms with Crippen molar-refractivity contribution in [2.24, 2.45) is 5.92 Å². The molecule has 176 valence electrons. The third-order valence-electron chi connectivity index (χ3n) is 5.89. The fourth-order valence-corrected chi connectivity index (χ4v) is 4.07. The Bertz CT molecular complexity index is 961. The first kappa shape index (κ1) is 24.1. The Morgan fingerprint density at radius 3 is 2.56 bits per heavy atom. The molecule has 0 radical (unpaired) electrons. The molecule has 0 aliphatic carbocycles. The normalized spacial score (nSPS) is 18.6. The van der Waals surface area contributed by atoms with Crippen LogP contribution in [-0.4, -0.2) is 73.3 Å². The van der Waals surface area contributed by atoms with Gasteiger partial charge < -0.3 is 24.6 Å². The number of hydrogen-bond donors (Lipinski definition) is 1. The van der Waals surface area contributed by atoms with Gasteiger partial charge in [-0.15, -0.1) is 0 Å². The molecule has 1 atom stereocenters. The van der Waals surface area contributed by atoms with Gasteiger partial charge in [0, 0.05) is 57.0 Å². The van der Waals surface area contributed by atoms with Crippen LogP contribution in [0.25, 0.3) is 12.3 Å². The number of likely N-dealkylation sites (tertiary alicyclic amines) is 1. The predicted molar refractivity (Wildman–Crippen MR) is 126 cm³/mol. The number of nitrogens with zero attached hydrogens (tertiary/aromatic N) is 2. The smallest absolute Gasteiger partial charge is 0.410 e. The van der Waals surface area contributed by atoms with Gasteiger partial charge in [-0.25, -0.2) is 4.79 Å². The Morgan fingerprint density at radius 1 is 1.19 bits per heavy atom. The molecule has 2 aliphatic heterocycles. The molecule has 32 heavy (non-hydrogen) atoms. The Morgan fingerprint density at radius 2 is 1.91 bits per heavy atom. The molecular formula is C25H37N3O4. The van der Waals surface area contributed by atoms with Gasteiger partial charge in [-0.2, -0.15) is 0 Å². The van der Waals surface area contributed by atoms with E-state index in [1.54, 1.807) is 12.0 Å². The van der Waals surface area contributed by atoms with E-state index in [2.05, 4.69) is 35.5 Å². The molecule has 7 nitrogen and oxygen atoms in total. The molecule has 0 spiro atoms. The third kappa shape index (κ3) is 6.03. The first-order chi connectivity index (χ1) is 15.1. The minimum Gasteiger partial charge on any atom is -0.444 e. The summed E-state index contributed by atoms with van der Waals surface area (Å²) in [5.74, 6) is 0.330. The van der Waals surface area contributed by atoms with Crippen LogP contribution in [0.1, 0.15) is 50.0 Å². The fraction of sp³-hybridized carbons (Fsp3) is 0.600. The zero-order chi connectivity index (χ0) is 23.5. The minimum atomic E-state index is -0.472. The molecule has 1 N–H and O–H groups in total. The molecule has 7 heteroatoms. The molecule has 1 aromatic carbocycles. The van der Waals surface area contributed by atoms with Crippen molar-refractivity contribution in [1.29, 1.82) is 0 Å². The van der Waals surface area contributed by atoms with Crippen LogP contribution in [0.15, 0.2) is 12.1 Å². The summed E-state index contributed by atoms with van der Waals surface area (Å²) in [5, 5.41) is 5.13. The number of ether oxygens (including phenoxy) is 2. The van der Waals surface area contributed by atoms with Gasteiger partial charge >= 0.3 is 6.09 Å². The molecule has 0 aromatic heterocycles. The summed E-state index contributed by atoms with van der Waals surface area (Å²) in [6, 6.07) is 4.43. The number of aryl methyl sites for hydroxylation is 1. The summed E-state index contributed by atoms with van der Waals surface area (Å²) < 4.78 is 10.5. The van der Waals surface area contributed by atoms with E-state index in [4.69, 9.17) is 9.47 Å². The summed E-state index contributed by atoms with van der Waals surface area (Å²) in [6.45, 7) is 13.1. The Kier molecular flexibility index (Phi) is 7.49. The second kappa shape index (κ2) is 9.94. The van der Waals surface area contributed by atoms with Crippen LogP contribution >= 0.6 is 0 Å². The van der Waals surface area contributed by atoms with Crippen LogP contribution in [0.4, 0.5) is 4.79 Å². The molecule has 0 saturated carbocycles. The molecule has 3 rings (SSSR count). The SMILES string of the molecule is COCCNC(=O)c1cc2c(cc1C)=CCC(C)N(CC1CN(C(=O)OC(C)(C)C)C1)C=2. The van der Waals surface area contributed by atoms with Crippen molar-refractivity contribution in [1.82, 2.24) is 15.1 Å². The number of methoxy groups -OCH3 is 1. The van der Waals surface area contributed by atoms with Crippen LogP contribution in [0.3, 0.4) is 0 Å². The van der Waals surface area contributed by atoms with Crippen molar-refractivity contribution >= 4 is 24.3 Å². The van der Waals surface area contributed by atoms with Crippen LogP contribution < -0.4 is 15.8 Å². The first-order valence-corrected chi connectivity index (χ1v) is 11.4.